The fourth-order valence-electron chi connectivity index (χ4n) is 6.28. The highest BCUT2D eigenvalue weighted by Gasteiger charge is 2.55. The Hall–Kier alpha value is -0.300. The zero-order chi connectivity index (χ0) is 13.0. The molecule has 1 heteroatoms. The van der Waals surface area contributed by atoms with Crippen molar-refractivity contribution in [1.82, 2.24) is 0 Å². The van der Waals surface area contributed by atoms with Crippen molar-refractivity contribution in [2.45, 2.75) is 70.8 Å². The lowest BCUT2D eigenvalue weighted by Gasteiger charge is -2.53. The molecule has 0 aromatic rings. The average Bonchev–Trinajstić information content (AvgIpc) is 2.75. The van der Waals surface area contributed by atoms with Gasteiger partial charge in [0, 0.05) is 0 Å². The third-order valence-electron chi connectivity index (χ3n) is 7.33. The van der Waals surface area contributed by atoms with E-state index in [0.717, 1.165) is 30.1 Å². The summed E-state index contributed by atoms with van der Waals surface area (Å²) < 4.78 is 0. The molecule has 19 heavy (non-hydrogen) atoms. The SMILES string of the molecule is C[C@]12CC[C@H]3[C@@H](CCC4=CCCC[C@@H]43)[C@@H]1CCC2O. The minimum Gasteiger partial charge on any atom is -0.393 e. The normalized spacial score (nSPS) is 52.9. The highest BCUT2D eigenvalue weighted by molar-refractivity contribution is 5.18. The molecule has 0 saturated heterocycles. The second-order valence-electron chi connectivity index (χ2n) is 7.93. The highest BCUT2D eigenvalue weighted by atomic mass is 16.3. The van der Waals surface area contributed by atoms with Crippen molar-refractivity contribution < 1.29 is 5.11 Å². The first-order valence-corrected chi connectivity index (χ1v) is 8.57. The number of fused-ring (bicyclic) bond motifs is 5. The summed E-state index contributed by atoms with van der Waals surface area (Å²) in [5.74, 6) is 3.64. The molecule has 0 aliphatic heterocycles. The molecule has 3 saturated carbocycles. The van der Waals surface area contributed by atoms with Gasteiger partial charge in [-0.3, -0.25) is 0 Å². The molecule has 1 nitrogen and oxygen atoms in total. The molecule has 106 valence electrons. The van der Waals surface area contributed by atoms with Crippen molar-refractivity contribution in [1.29, 1.82) is 0 Å². The lowest BCUT2D eigenvalue weighted by Crippen LogP contribution is -2.47. The van der Waals surface area contributed by atoms with E-state index < -0.39 is 0 Å². The number of hydrogen-bond acceptors (Lipinski definition) is 1. The summed E-state index contributed by atoms with van der Waals surface area (Å²) in [6.45, 7) is 2.39. The molecule has 1 N–H and O–H groups in total. The molecule has 0 aromatic carbocycles. The van der Waals surface area contributed by atoms with Gasteiger partial charge < -0.3 is 5.11 Å². The number of aliphatic hydroxyl groups is 1. The van der Waals surface area contributed by atoms with Crippen LogP contribution in [-0.2, 0) is 0 Å². The molecule has 0 spiro atoms. The molecular formula is C18H28O. The summed E-state index contributed by atoms with van der Waals surface area (Å²) >= 11 is 0. The van der Waals surface area contributed by atoms with Crippen LogP contribution in [0.2, 0.25) is 0 Å². The van der Waals surface area contributed by atoms with Crippen LogP contribution >= 0.6 is 0 Å². The van der Waals surface area contributed by atoms with Crippen LogP contribution in [0.1, 0.15) is 64.7 Å². The lowest BCUT2D eigenvalue weighted by atomic mass is 9.52. The van der Waals surface area contributed by atoms with E-state index in [1.54, 1.807) is 0 Å². The van der Waals surface area contributed by atoms with Crippen LogP contribution in [0.15, 0.2) is 11.6 Å². The molecule has 0 bridgehead atoms. The molecule has 4 rings (SSSR count). The van der Waals surface area contributed by atoms with E-state index in [0.29, 0.717) is 0 Å². The van der Waals surface area contributed by atoms with E-state index in [4.69, 9.17) is 0 Å². The molecular weight excluding hydrogens is 232 g/mol. The van der Waals surface area contributed by atoms with Crippen molar-refractivity contribution in [3.8, 4) is 0 Å². The fourth-order valence-corrected chi connectivity index (χ4v) is 6.28. The van der Waals surface area contributed by atoms with Gasteiger partial charge in [-0.25, -0.2) is 0 Å². The fraction of sp³-hybridized carbons (Fsp3) is 0.889. The summed E-state index contributed by atoms with van der Waals surface area (Å²) in [5.41, 5.74) is 2.08. The van der Waals surface area contributed by atoms with Gasteiger partial charge in [0.1, 0.15) is 0 Å². The zero-order valence-electron chi connectivity index (χ0n) is 12.3. The summed E-state index contributed by atoms with van der Waals surface area (Å²) in [5, 5.41) is 10.4. The number of rotatable bonds is 0. The third-order valence-corrected chi connectivity index (χ3v) is 7.33. The summed E-state index contributed by atoms with van der Waals surface area (Å²) in [7, 11) is 0. The molecule has 0 amide bonds. The Morgan fingerprint density at radius 3 is 2.89 bits per heavy atom. The maximum absolute atomic E-state index is 10.4. The standard InChI is InChI=1S/C18H28O/c1-18-11-10-14-13-5-3-2-4-12(13)6-7-15(14)16(18)8-9-17(18)19/h4,13-17,19H,2-3,5-11H2,1H3/t13-,14+,15+,16-,17?,18-/m0/s1. The zero-order valence-corrected chi connectivity index (χ0v) is 12.3. The molecule has 3 fully saturated rings. The molecule has 6 atom stereocenters. The van der Waals surface area contributed by atoms with Crippen molar-refractivity contribution in [3.05, 3.63) is 11.6 Å². The smallest absolute Gasteiger partial charge is 0.0596 e. The largest absolute Gasteiger partial charge is 0.393 e. The van der Waals surface area contributed by atoms with Crippen LogP contribution in [0.4, 0.5) is 0 Å². The van der Waals surface area contributed by atoms with Gasteiger partial charge >= 0.3 is 0 Å². The van der Waals surface area contributed by atoms with Crippen LogP contribution in [0.5, 0.6) is 0 Å². The molecule has 1 unspecified atom stereocenters. The Morgan fingerprint density at radius 2 is 2.00 bits per heavy atom. The van der Waals surface area contributed by atoms with Crippen LogP contribution in [0.25, 0.3) is 0 Å². The maximum atomic E-state index is 10.4. The van der Waals surface area contributed by atoms with Gasteiger partial charge in [0.15, 0.2) is 0 Å². The number of allylic oxidation sites excluding steroid dienone is 2. The van der Waals surface area contributed by atoms with Crippen molar-refractivity contribution in [2.24, 2.45) is 29.1 Å². The second kappa shape index (κ2) is 4.35. The van der Waals surface area contributed by atoms with Crippen LogP contribution in [0.3, 0.4) is 0 Å². The quantitative estimate of drug-likeness (QED) is 0.643. The van der Waals surface area contributed by atoms with E-state index in [-0.39, 0.29) is 11.5 Å². The van der Waals surface area contributed by atoms with Gasteiger partial charge in [-0.05, 0) is 86.9 Å². The third kappa shape index (κ3) is 1.70. The van der Waals surface area contributed by atoms with E-state index in [9.17, 15) is 5.11 Å². The average molecular weight is 260 g/mol. The number of hydrogen-bond donors (Lipinski definition) is 1. The Labute approximate surface area is 117 Å². The monoisotopic (exact) mass is 260 g/mol. The Morgan fingerprint density at radius 1 is 1.11 bits per heavy atom. The van der Waals surface area contributed by atoms with Crippen molar-refractivity contribution in [3.63, 3.8) is 0 Å². The summed E-state index contributed by atoms with van der Waals surface area (Å²) in [6.07, 6.45) is 14.6. The van der Waals surface area contributed by atoms with E-state index in [1.165, 1.54) is 51.4 Å². The highest BCUT2D eigenvalue weighted by Crippen LogP contribution is 2.61. The Bertz CT molecular complexity index is 398. The first-order valence-electron chi connectivity index (χ1n) is 8.57. The van der Waals surface area contributed by atoms with Gasteiger partial charge in [0.25, 0.3) is 0 Å². The van der Waals surface area contributed by atoms with Gasteiger partial charge in [0.2, 0.25) is 0 Å². The van der Waals surface area contributed by atoms with Gasteiger partial charge in [0.05, 0.1) is 6.10 Å². The predicted molar refractivity (Wildman–Crippen MR) is 77.7 cm³/mol. The summed E-state index contributed by atoms with van der Waals surface area (Å²) in [4.78, 5) is 0. The van der Waals surface area contributed by atoms with Gasteiger partial charge in [-0.1, -0.05) is 18.6 Å². The Kier molecular flexibility index (Phi) is 2.85. The van der Waals surface area contributed by atoms with Gasteiger partial charge in [-0.15, -0.1) is 0 Å². The van der Waals surface area contributed by atoms with E-state index in [1.807, 2.05) is 5.57 Å². The van der Waals surface area contributed by atoms with Gasteiger partial charge in [-0.2, -0.15) is 0 Å². The van der Waals surface area contributed by atoms with Crippen LogP contribution in [0, 0.1) is 29.1 Å². The predicted octanol–water partition coefficient (Wildman–Crippen LogP) is 4.31. The lowest BCUT2D eigenvalue weighted by molar-refractivity contribution is -0.0533. The van der Waals surface area contributed by atoms with E-state index in [2.05, 4.69) is 13.0 Å². The second-order valence-corrected chi connectivity index (χ2v) is 7.93. The van der Waals surface area contributed by atoms with Crippen LogP contribution < -0.4 is 0 Å². The Balaban J connectivity index is 1.63. The molecule has 0 radical (unpaired) electrons. The number of aliphatic hydroxyl groups excluding tert-OH is 1. The first kappa shape index (κ1) is 12.4. The molecule has 4 aliphatic carbocycles. The van der Waals surface area contributed by atoms with Crippen molar-refractivity contribution in [2.75, 3.05) is 0 Å². The van der Waals surface area contributed by atoms with E-state index >= 15 is 0 Å². The molecule has 0 heterocycles. The van der Waals surface area contributed by atoms with Crippen molar-refractivity contribution >= 4 is 0 Å². The minimum absolute atomic E-state index is 0.0123. The molecule has 4 aliphatic rings. The van der Waals surface area contributed by atoms with Crippen LogP contribution in [-0.4, -0.2) is 11.2 Å². The summed E-state index contributed by atoms with van der Waals surface area (Å²) in [6, 6.07) is 0. The maximum Gasteiger partial charge on any atom is 0.0596 e. The topological polar surface area (TPSA) is 20.2 Å². The molecule has 0 aromatic heterocycles. The first-order chi connectivity index (χ1) is 9.20. The minimum atomic E-state index is -0.0123.